The Hall–Kier alpha value is -2.42. The number of hydrogen-bond acceptors (Lipinski definition) is 3. The van der Waals surface area contributed by atoms with Gasteiger partial charge in [-0.15, -0.1) is 0 Å². The molecule has 3 heteroatoms. The van der Waals surface area contributed by atoms with Gasteiger partial charge in [0.15, 0.2) is 5.82 Å². The summed E-state index contributed by atoms with van der Waals surface area (Å²) < 4.78 is 0. The first kappa shape index (κ1) is 11.7. The van der Waals surface area contributed by atoms with E-state index in [0.717, 1.165) is 34.4 Å². The van der Waals surface area contributed by atoms with Crippen molar-refractivity contribution in [2.24, 2.45) is 0 Å². The fourth-order valence-corrected chi connectivity index (χ4v) is 2.12. The minimum atomic E-state index is 0.733. The fraction of sp³-hybridized carbons (Fsp3) is 0.125. The molecule has 94 valence electrons. The van der Waals surface area contributed by atoms with Gasteiger partial charge < -0.3 is 5.73 Å². The predicted molar refractivity (Wildman–Crippen MR) is 78.8 cm³/mol. The molecule has 0 fully saturated rings. The van der Waals surface area contributed by atoms with Gasteiger partial charge in [0.25, 0.3) is 0 Å². The van der Waals surface area contributed by atoms with Crippen molar-refractivity contribution in [3.63, 3.8) is 0 Å². The van der Waals surface area contributed by atoms with Crippen LogP contribution >= 0.6 is 0 Å². The van der Waals surface area contributed by atoms with Crippen LogP contribution in [0.5, 0.6) is 0 Å². The summed E-state index contributed by atoms with van der Waals surface area (Å²) in [6.45, 7) is 2.14. The Kier molecular flexibility index (Phi) is 2.88. The number of hydrogen-bond donors (Lipinski definition) is 1. The Morgan fingerprint density at radius 2 is 2.00 bits per heavy atom. The highest BCUT2D eigenvalue weighted by molar-refractivity contribution is 5.82. The third-order valence-corrected chi connectivity index (χ3v) is 3.20. The first-order chi connectivity index (χ1) is 9.26. The van der Waals surface area contributed by atoms with Gasteiger partial charge in [0.05, 0.1) is 5.52 Å². The van der Waals surface area contributed by atoms with E-state index in [9.17, 15) is 0 Å². The third kappa shape index (κ3) is 2.27. The highest BCUT2D eigenvalue weighted by atomic mass is 14.9. The van der Waals surface area contributed by atoms with E-state index in [1.54, 1.807) is 0 Å². The molecule has 0 aliphatic heterocycles. The predicted octanol–water partition coefficient (Wildman–Crippen LogP) is 3.44. The zero-order valence-corrected chi connectivity index (χ0v) is 10.8. The third-order valence-electron chi connectivity index (χ3n) is 3.20. The molecular weight excluding hydrogens is 234 g/mol. The molecule has 0 saturated heterocycles. The van der Waals surface area contributed by atoms with Gasteiger partial charge in [-0.3, -0.25) is 0 Å². The number of nitrogens with two attached hydrogens (primary N) is 1. The smallest absolute Gasteiger partial charge is 0.159 e. The second-order valence-corrected chi connectivity index (χ2v) is 4.57. The molecule has 19 heavy (non-hydrogen) atoms. The summed E-state index contributed by atoms with van der Waals surface area (Å²) in [7, 11) is 0. The van der Waals surface area contributed by atoms with Crippen molar-refractivity contribution in [3.05, 3.63) is 54.2 Å². The largest absolute Gasteiger partial charge is 0.399 e. The molecule has 0 radical (unpaired) electrons. The van der Waals surface area contributed by atoms with Gasteiger partial charge in [-0.25, -0.2) is 9.97 Å². The number of anilines is 1. The van der Waals surface area contributed by atoms with Crippen molar-refractivity contribution in [1.29, 1.82) is 0 Å². The van der Waals surface area contributed by atoms with Gasteiger partial charge in [0.1, 0.15) is 0 Å². The maximum atomic E-state index is 5.76. The van der Waals surface area contributed by atoms with Gasteiger partial charge in [-0.2, -0.15) is 0 Å². The van der Waals surface area contributed by atoms with E-state index in [2.05, 4.69) is 29.0 Å². The first-order valence-corrected chi connectivity index (χ1v) is 6.38. The second-order valence-electron chi connectivity index (χ2n) is 4.57. The van der Waals surface area contributed by atoms with Crippen molar-refractivity contribution in [2.45, 2.75) is 13.3 Å². The van der Waals surface area contributed by atoms with Crippen LogP contribution in [0.25, 0.3) is 22.3 Å². The van der Waals surface area contributed by atoms with Gasteiger partial charge >= 0.3 is 0 Å². The summed E-state index contributed by atoms with van der Waals surface area (Å²) >= 11 is 0. The van der Waals surface area contributed by atoms with Crippen molar-refractivity contribution < 1.29 is 0 Å². The van der Waals surface area contributed by atoms with Crippen LogP contribution in [0.4, 0.5) is 5.69 Å². The second kappa shape index (κ2) is 4.69. The molecule has 0 aliphatic carbocycles. The van der Waals surface area contributed by atoms with Crippen LogP contribution in [0.3, 0.4) is 0 Å². The van der Waals surface area contributed by atoms with E-state index >= 15 is 0 Å². The number of benzene rings is 2. The molecule has 0 spiro atoms. The monoisotopic (exact) mass is 249 g/mol. The summed E-state index contributed by atoms with van der Waals surface area (Å²) in [5.41, 5.74) is 9.75. The minimum absolute atomic E-state index is 0.733. The SMILES string of the molecule is CCc1cccc(-c2ncc3cc(N)ccc3n2)c1. The highest BCUT2D eigenvalue weighted by Gasteiger charge is 2.04. The Bertz CT molecular complexity index is 735. The Morgan fingerprint density at radius 3 is 2.84 bits per heavy atom. The number of aryl methyl sites for hydroxylation is 1. The number of aromatic nitrogens is 2. The van der Waals surface area contributed by atoms with Crippen LogP contribution in [-0.4, -0.2) is 9.97 Å². The Balaban J connectivity index is 2.12. The molecule has 3 aromatic rings. The number of rotatable bonds is 2. The van der Waals surface area contributed by atoms with Crippen molar-refractivity contribution >= 4 is 16.6 Å². The summed E-state index contributed by atoms with van der Waals surface area (Å²) in [4.78, 5) is 9.02. The summed E-state index contributed by atoms with van der Waals surface area (Å²) in [6, 6.07) is 14.0. The summed E-state index contributed by atoms with van der Waals surface area (Å²) in [6.07, 6.45) is 2.84. The van der Waals surface area contributed by atoms with Crippen LogP contribution < -0.4 is 5.73 Å². The lowest BCUT2D eigenvalue weighted by Gasteiger charge is -2.04. The quantitative estimate of drug-likeness (QED) is 0.708. The van der Waals surface area contributed by atoms with E-state index in [1.807, 2.05) is 36.5 Å². The zero-order chi connectivity index (χ0) is 13.2. The molecule has 3 nitrogen and oxygen atoms in total. The lowest BCUT2D eigenvalue weighted by molar-refractivity contribution is 1.13. The minimum Gasteiger partial charge on any atom is -0.399 e. The topological polar surface area (TPSA) is 51.8 Å². The Morgan fingerprint density at radius 1 is 1.11 bits per heavy atom. The molecule has 0 aliphatic rings. The maximum Gasteiger partial charge on any atom is 0.159 e. The standard InChI is InChI=1S/C16H15N3/c1-2-11-4-3-5-12(8-11)16-18-10-13-9-14(17)6-7-15(13)19-16/h3-10H,2,17H2,1H3. The molecular formula is C16H15N3. The van der Waals surface area contributed by atoms with E-state index in [1.165, 1.54) is 5.56 Å². The molecule has 1 heterocycles. The Labute approximate surface area is 112 Å². The number of nitrogen functional groups attached to an aromatic ring is 1. The lowest BCUT2D eigenvalue weighted by Crippen LogP contribution is -1.92. The molecule has 2 aromatic carbocycles. The average molecular weight is 249 g/mol. The van der Waals surface area contributed by atoms with Crippen molar-refractivity contribution in [1.82, 2.24) is 9.97 Å². The van der Waals surface area contributed by atoms with Gasteiger partial charge in [0.2, 0.25) is 0 Å². The van der Waals surface area contributed by atoms with Gasteiger partial charge in [-0.1, -0.05) is 25.1 Å². The molecule has 0 unspecified atom stereocenters. The summed E-state index contributed by atoms with van der Waals surface area (Å²) in [5, 5.41) is 0.968. The van der Waals surface area contributed by atoms with E-state index < -0.39 is 0 Å². The van der Waals surface area contributed by atoms with Crippen LogP contribution in [-0.2, 0) is 6.42 Å². The van der Waals surface area contributed by atoms with Crippen molar-refractivity contribution in [3.8, 4) is 11.4 Å². The lowest BCUT2D eigenvalue weighted by atomic mass is 10.1. The van der Waals surface area contributed by atoms with Crippen LogP contribution in [0, 0.1) is 0 Å². The molecule has 0 bridgehead atoms. The van der Waals surface area contributed by atoms with Crippen LogP contribution in [0.2, 0.25) is 0 Å². The zero-order valence-electron chi connectivity index (χ0n) is 10.8. The maximum absolute atomic E-state index is 5.76. The fourth-order valence-electron chi connectivity index (χ4n) is 2.12. The average Bonchev–Trinajstić information content (AvgIpc) is 2.46. The summed E-state index contributed by atoms with van der Waals surface area (Å²) in [5.74, 6) is 0.757. The van der Waals surface area contributed by atoms with E-state index in [0.29, 0.717) is 0 Å². The molecule has 2 N–H and O–H groups in total. The van der Waals surface area contributed by atoms with Crippen molar-refractivity contribution in [2.75, 3.05) is 5.73 Å². The molecule has 0 saturated carbocycles. The molecule has 0 amide bonds. The van der Waals surface area contributed by atoms with E-state index in [-0.39, 0.29) is 0 Å². The highest BCUT2D eigenvalue weighted by Crippen LogP contribution is 2.21. The number of nitrogens with zero attached hydrogens (tertiary/aromatic N) is 2. The number of fused-ring (bicyclic) bond motifs is 1. The van der Waals surface area contributed by atoms with Crippen LogP contribution in [0.15, 0.2) is 48.7 Å². The normalized spacial score (nSPS) is 10.8. The van der Waals surface area contributed by atoms with Gasteiger partial charge in [-0.05, 0) is 36.2 Å². The first-order valence-electron chi connectivity index (χ1n) is 6.38. The molecule has 1 aromatic heterocycles. The van der Waals surface area contributed by atoms with Gasteiger partial charge in [0, 0.05) is 22.8 Å². The van der Waals surface area contributed by atoms with Crippen LogP contribution in [0.1, 0.15) is 12.5 Å². The van der Waals surface area contributed by atoms with E-state index in [4.69, 9.17) is 5.73 Å². The molecule has 3 rings (SSSR count). The molecule has 0 atom stereocenters.